The van der Waals surface area contributed by atoms with Crippen LogP contribution in [0.2, 0.25) is 0 Å². The van der Waals surface area contributed by atoms with Gasteiger partial charge in [0.15, 0.2) is 0 Å². The van der Waals surface area contributed by atoms with Gasteiger partial charge in [0.25, 0.3) is 17.5 Å². The van der Waals surface area contributed by atoms with Crippen LogP contribution in [0.5, 0.6) is 11.5 Å². The second kappa shape index (κ2) is 10.6. The highest BCUT2D eigenvalue weighted by atomic mass is 16.6. The monoisotopic (exact) mass is 559 g/mol. The zero-order valence-electron chi connectivity index (χ0n) is 22.1. The Hall–Kier alpha value is -5.90. The summed E-state index contributed by atoms with van der Waals surface area (Å²) in [5.74, 6) is -0.498. The number of esters is 1. The number of fused-ring (bicyclic) bond motifs is 3. The van der Waals surface area contributed by atoms with Crippen LogP contribution in [0.25, 0.3) is 10.9 Å². The van der Waals surface area contributed by atoms with E-state index in [2.05, 4.69) is 4.98 Å². The minimum Gasteiger partial charge on any atom is -0.457 e. The number of aryl methyl sites for hydroxylation is 1. The lowest BCUT2D eigenvalue weighted by Gasteiger charge is -2.14. The lowest BCUT2D eigenvalue weighted by atomic mass is 10.0. The summed E-state index contributed by atoms with van der Waals surface area (Å²) in [6.45, 7) is 1.72. The second-order valence-electron chi connectivity index (χ2n) is 9.53. The number of imide groups is 1. The highest BCUT2D eigenvalue weighted by Crippen LogP contribution is 2.34. The summed E-state index contributed by atoms with van der Waals surface area (Å²) in [5.41, 5.74) is 3.03. The van der Waals surface area contributed by atoms with Crippen molar-refractivity contribution in [3.63, 3.8) is 0 Å². The molecule has 2 amide bonds. The Morgan fingerprint density at radius 3 is 2.12 bits per heavy atom. The van der Waals surface area contributed by atoms with Crippen molar-refractivity contribution in [1.29, 1.82) is 0 Å². The maximum atomic E-state index is 13.4. The lowest BCUT2D eigenvalue weighted by molar-refractivity contribution is -0.384. The fourth-order valence-corrected chi connectivity index (χ4v) is 4.77. The number of non-ortho nitro benzene ring substituents is 1. The topological polar surface area (TPSA) is 129 Å². The first kappa shape index (κ1) is 26.3. The SMILES string of the molecule is Cc1nc2ccccc2c2c1C(=O)N(c1ccc(C(=O)OCc3ccc(Oc4ccc([N+](=O)[O-])cc4)cc3)cc1)C2=O. The number of hydrogen-bond acceptors (Lipinski definition) is 8. The molecule has 0 atom stereocenters. The van der Waals surface area contributed by atoms with Gasteiger partial charge in [-0.3, -0.25) is 24.7 Å². The molecule has 0 radical (unpaired) electrons. The number of anilines is 1. The molecule has 10 heteroatoms. The molecule has 1 aliphatic heterocycles. The highest BCUT2D eigenvalue weighted by Gasteiger charge is 2.40. The van der Waals surface area contributed by atoms with Crippen LogP contribution in [-0.4, -0.2) is 27.7 Å². The Morgan fingerprint density at radius 2 is 1.45 bits per heavy atom. The summed E-state index contributed by atoms with van der Waals surface area (Å²) >= 11 is 0. The number of rotatable bonds is 7. The first-order valence-electron chi connectivity index (χ1n) is 12.9. The van der Waals surface area contributed by atoms with E-state index in [9.17, 15) is 24.5 Å². The zero-order chi connectivity index (χ0) is 29.4. The molecule has 4 aromatic carbocycles. The van der Waals surface area contributed by atoms with Gasteiger partial charge in [0.1, 0.15) is 18.1 Å². The summed E-state index contributed by atoms with van der Waals surface area (Å²) in [6.07, 6.45) is 0. The predicted molar refractivity (Wildman–Crippen MR) is 153 cm³/mol. The fraction of sp³-hybridized carbons (Fsp3) is 0.0625. The molecule has 0 aliphatic carbocycles. The molecular weight excluding hydrogens is 538 g/mol. The van der Waals surface area contributed by atoms with Crippen LogP contribution in [0.15, 0.2) is 97.1 Å². The van der Waals surface area contributed by atoms with E-state index < -0.39 is 22.7 Å². The summed E-state index contributed by atoms with van der Waals surface area (Å²) in [5, 5.41) is 11.4. The van der Waals surface area contributed by atoms with Crippen LogP contribution >= 0.6 is 0 Å². The first-order chi connectivity index (χ1) is 20.3. The molecule has 10 nitrogen and oxygen atoms in total. The minimum atomic E-state index is -0.568. The van der Waals surface area contributed by atoms with Crippen molar-refractivity contribution in [2.24, 2.45) is 0 Å². The van der Waals surface area contributed by atoms with E-state index in [0.29, 0.717) is 39.3 Å². The number of aromatic nitrogens is 1. The number of nitro benzene ring substituents is 1. The number of para-hydroxylation sites is 1. The van der Waals surface area contributed by atoms with Gasteiger partial charge in [0.2, 0.25) is 0 Å². The van der Waals surface area contributed by atoms with Crippen LogP contribution in [0.4, 0.5) is 11.4 Å². The van der Waals surface area contributed by atoms with Gasteiger partial charge < -0.3 is 9.47 Å². The summed E-state index contributed by atoms with van der Waals surface area (Å²) in [6, 6.07) is 25.9. The number of amides is 2. The average Bonchev–Trinajstić information content (AvgIpc) is 3.27. The number of ether oxygens (including phenoxy) is 2. The van der Waals surface area contributed by atoms with E-state index in [-0.39, 0.29) is 23.4 Å². The molecule has 0 spiro atoms. The molecule has 0 saturated carbocycles. The zero-order valence-corrected chi connectivity index (χ0v) is 22.1. The Morgan fingerprint density at radius 1 is 0.833 bits per heavy atom. The summed E-state index contributed by atoms with van der Waals surface area (Å²) < 4.78 is 11.1. The number of nitrogens with zero attached hydrogens (tertiary/aromatic N) is 3. The van der Waals surface area contributed by atoms with Gasteiger partial charge in [-0.2, -0.15) is 0 Å². The molecule has 5 aromatic rings. The van der Waals surface area contributed by atoms with Gasteiger partial charge in [0.05, 0.1) is 38.5 Å². The summed E-state index contributed by atoms with van der Waals surface area (Å²) in [7, 11) is 0. The molecule has 0 bridgehead atoms. The highest BCUT2D eigenvalue weighted by molar-refractivity contribution is 6.37. The molecular formula is C32H21N3O7. The molecule has 0 unspecified atom stereocenters. The van der Waals surface area contributed by atoms with Gasteiger partial charge in [-0.25, -0.2) is 9.69 Å². The first-order valence-corrected chi connectivity index (χ1v) is 12.9. The lowest BCUT2D eigenvalue weighted by Crippen LogP contribution is -2.29. The number of carbonyl (C=O) groups is 3. The Labute approximate surface area is 238 Å². The van der Waals surface area contributed by atoms with Crippen molar-refractivity contribution in [2.45, 2.75) is 13.5 Å². The van der Waals surface area contributed by atoms with Crippen molar-refractivity contribution in [2.75, 3.05) is 4.90 Å². The van der Waals surface area contributed by atoms with Gasteiger partial charge in [-0.15, -0.1) is 0 Å². The largest absolute Gasteiger partial charge is 0.457 e. The quantitative estimate of drug-likeness (QED) is 0.0969. The van der Waals surface area contributed by atoms with Gasteiger partial charge in [-0.1, -0.05) is 30.3 Å². The van der Waals surface area contributed by atoms with Crippen molar-refractivity contribution >= 4 is 40.1 Å². The Kier molecular flexibility index (Phi) is 6.63. The van der Waals surface area contributed by atoms with E-state index >= 15 is 0 Å². The number of pyridine rings is 1. The third-order valence-electron chi connectivity index (χ3n) is 6.84. The van der Waals surface area contributed by atoms with Gasteiger partial charge in [-0.05, 0) is 67.1 Å². The average molecular weight is 560 g/mol. The third-order valence-corrected chi connectivity index (χ3v) is 6.84. The molecule has 206 valence electrons. The van der Waals surface area contributed by atoms with Crippen LogP contribution in [0.1, 0.15) is 42.3 Å². The summed E-state index contributed by atoms with van der Waals surface area (Å²) in [4.78, 5) is 55.2. The molecule has 42 heavy (non-hydrogen) atoms. The molecule has 1 aromatic heterocycles. The van der Waals surface area contributed by atoms with Crippen molar-refractivity contribution in [3.8, 4) is 11.5 Å². The van der Waals surface area contributed by atoms with E-state index in [1.807, 2.05) is 6.07 Å². The maximum Gasteiger partial charge on any atom is 0.338 e. The van der Waals surface area contributed by atoms with Crippen LogP contribution < -0.4 is 9.64 Å². The van der Waals surface area contributed by atoms with E-state index in [1.165, 1.54) is 48.5 Å². The van der Waals surface area contributed by atoms with E-state index in [4.69, 9.17) is 9.47 Å². The molecule has 0 saturated heterocycles. The standard InChI is InChI=1S/C32H21N3O7/c1-19-28-29(26-4-2-3-5-27(26)33-19)31(37)34(30(28)36)22-10-8-21(9-11-22)32(38)41-18-20-6-14-24(15-7-20)42-25-16-12-23(13-17-25)35(39)40/h2-17H,18H2,1H3. The smallest absolute Gasteiger partial charge is 0.338 e. The van der Waals surface area contributed by atoms with Crippen molar-refractivity contribution in [3.05, 3.63) is 135 Å². The normalized spacial score (nSPS) is 12.4. The molecule has 6 rings (SSSR count). The predicted octanol–water partition coefficient (Wildman–Crippen LogP) is 6.40. The molecule has 0 N–H and O–H groups in total. The number of nitro groups is 1. The van der Waals surface area contributed by atoms with Crippen LogP contribution in [-0.2, 0) is 11.3 Å². The van der Waals surface area contributed by atoms with E-state index in [0.717, 1.165) is 10.5 Å². The number of hydrogen-bond donors (Lipinski definition) is 0. The van der Waals surface area contributed by atoms with Crippen molar-refractivity contribution in [1.82, 2.24) is 4.98 Å². The van der Waals surface area contributed by atoms with E-state index in [1.54, 1.807) is 49.4 Å². The number of benzene rings is 4. The van der Waals surface area contributed by atoms with Crippen LogP contribution in [0.3, 0.4) is 0 Å². The Bertz CT molecular complexity index is 1880. The van der Waals surface area contributed by atoms with Gasteiger partial charge >= 0.3 is 5.97 Å². The molecule has 0 fully saturated rings. The molecule has 1 aliphatic rings. The maximum absolute atomic E-state index is 13.4. The fourth-order valence-electron chi connectivity index (χ4n) is 4.77. The van der Waals surface area contributed by atoms with Gasteiger partial charge in [0, 0.05) is 17.5 Å². The van der Waals surface area contributed by atoms with Crippen LogP contribution in [0, 0.1) is 17.0 Å². The van der Waals surface area contributed by atoms with Crippen molar-refractivity contribution < 1.29 is 28.8 Å². The Balaban J connectivity index is 1.10. The molecule has 2 heterocycles. The minimum absolute atomic E-state index is 0.0101. The second-order valence-corrected chi connectivity index (χ2v) is 9.53. The third kappa shape index (κ3) is 4.81. The number of carbonyl (C=O) groups excluding carboxylic acids is 3.